The molecule has 5 nitrogen and oxygen atoms in total. The van der Waals surface area contributed by atoms with Gasteiger partial charge >= 0.3 is 0 Å². The fraction of sp³-hybridized carbons (Fsp3) is 0.154. The second-order valence-electron chi connectivity index (χ2n) is 4.31. The molecule has 2 aromatic rings. The van der Waals surface area contributed by atoms with Crippen LogP contribution in [-0.4, -0.2) is 14.3 Å². The van der Waals surface area contributed by atoms with Crippen molar-refractivity contribution in [3.8, 4) is 0 Å². The highest BCUT2D eigenvalue weighted by Crippen LogP contribution is 2.15. The Hall–Kier alpha value is -1.70. The summed E-state index contributed by atoms with van der Waals surface area (Å²) in [6.07, 6.45) is 0. The minimum absolute atomic E-state index is 0.0385. The number of benzene rings is 1. The SMILES string of the molecule is Cc1ccsc1C(=O)NCc1cccc(S(N)(=O)=O)c1. The predicted molar refractivity (Wildman–Crippen MR) is 78.0 cm³/mol. The van der Waals surface area contributed by atoms with E-state index in [-0.39, 0.29) is 17.3 Å². The van der Waals surface area contributed by atoms with Crippen LogP contribution >= 0.6 is 11.3 Å². The van der Waals surface area contributed by atoms with Gasteiger partial charge in [-0.25, -0.2) is 13.6 Å². The maximum atomic E-state index is 11.9. The molecule has 1 aromatic heterocycles. The molecule has 0 bridgehead atoms. The van der Waals surface area contributed by atoms with E-state index in [0.29, 0.717) is 10.4 Å². The van der Waals surface area contributed by atoms with E-state index in [1.54, 1.807) is 12.1 Å². The fourth-order valence-electron chi connectivity index (χ4n) is 1.70. The molecule has 0 aliphatic heterocycles. The molecule has 0 aliphatic carbocycles. The van der Waals surface area contributed by atoms with Crippen LogP contribution in [0.1, 0.15) is 20.8 Å². The Balaban J connectivity index is 2.09. The summed E-state index contributed by atoms with van der Waals surface area (Å²) in [6.45, 7) is 2.12. The lowest BCUT2D eigenvalue weighted by atomic mass is 10.2. The van der Waals surface area contributed by atoms with Crippen LogP contribution in [0.25, 0.3) is 0 Å². The Labute approximate surface area is 121 Å². The molecule has 0 atom stereocenters. The first-order chi connectivity index (χ1) is 9.38. The molecule has 0 aliphatic rings. The number of primary sulfonamides is 1. The highest BCUT2D eigenvalue weighted by atomic mass is 32.2. The van der Waals surface area contributed by atoms with Crippen molar-refractivity contribution in [1.82, 2.24) is 5.32 Å². The number of sulfonamides is 1. The fourth-order valence-corrected chi connectivity index (χ4v) is 3.13. The zero-order valence-corrected chi connectivity index (χ0v) is 12.4. The van der Waals surface area contributed by atoms with Gasteiger partial charge in [0.2, 0.25) is 10.0 Å². The molecular formula is C13H14N2O3S2. The van der Waals surface area contributed by atoms with Gasteiger partial charge in [0.1, 0.15) is 0 Å². The lowest BCUT2D eigenvalue weighted by Crippen LogP contribution is -2.22. The van der Waals surface area contributed by atoms with E-state index in [9.17, 15) is 13.2 Å². The van der Waals surface area contributed by atoms with Gasteiger partial charge in [0.05, 0.1) is 9.77 Å². The van der Waals surface area contributed by atoms with Crippen LogP contribution in [0.5, 0.6) is 0 Å². The van der Waals surface area contributed by atoms with Gasteiger partial charge in [-0.05, 0) is 41.6 Å². The molecule has 0 saturated carbocycles. The average Bonchev–Trinajstić information content (AvgIpc) is 2.82. The summed E-state index contributed by atoms with van der Waals surface area (Å²) in [6, 6.07) is 8.08. The van der Waals surface area contributed by atoms with E-state index in [1.165, 1.54) is 23.5 Å². The highest BCUT2D eigenvalue weighted by molar-refractivity contribution is 7.89. The quantitative estimate of drug-likeness (QED) is 0.899. The number of carbonyl (C=O) groups is 1. The summed E-state index contributed by atoms with van der Waals surface area (Å²) < 4.78 is 22.5. The van der Waals surface area contributed by atoms with Crippen LogP contribution in [0.3, 0.4) is 0 Å². The van der Waals surface area contributed by atoms with E-state index in [2.05, 4.69) is 5.32 Å². The first-order valence-electron chi connectivity index (χ1n) is 5.82. The van der Waals surface area contributed by atoms with Gasteiger partial charge in [-0.1, -0.05) is 12.1 Å². The molecule has 20 heavy (non-hydrogen) atoms. The molecule has 0 saturated heterocycles. The monoisotopic (exact) mass is 310 g/mol. The summed E-state index contributed by atoms with van der Waals surface area (Å²) >= 11 is 1.37. The minimum Gasteiger partial charge on any atom is -0.347 e. The van der Waals surface area contributed by atoms with Gasteiger partial charge in [0.15, 0.2) is 0 Å². The van der Waals surface area contributed by atoms with Crippen molar-refractivity contribution >= 4 is 27.3 Å². The molecule has 106 valence electrons. The van der Waals surface area contributed by atoms with E-state index in [4.69, 9.17) is 5.14 Å². The lowest BCUT2D eigenvalue weighted by Gasteiger charge is -2.06. The summed E-state index contributed by atoms with van der Waals surface area (Å²) in [5.74, 6) is -0.168. The molecule has 1 aromatic carbocycles. The number of thiophene rings is 1. The summed E-state index contributed by atoms with van der Waals surface area (Å²) in [7, 11) is -3.72. The number of rotatable bonds is 4. The Bertz CT molecular complexity index is 736. The second kappa shape index (κ2) is 5.74. The second-order valence-corrected chi connectivity index (χ2v) is 6.79. The number of carbonyl (C=O) groups excluding carboxylic acids is 1. The minimum atomic E-state index is -3.72. The predicted octanol–water partition coefficient (Wildman–Crippen LogP) is 1.63. The highest BCUT2D eigenvalue weighted by Gasteiger charge is 2.11. The molecular weight excluding hydrogens is 296 g/mol. The number of hydrogen-bond acceptors (Lipinski definition) is 4. The molecule has 1 heterocycles. The van der Waals surface area contributed by atoms with Crippen LogP contribution in [0.4, 0.5) is 0 Å². The molecule has 0 spiro atoms. The summed E-state index contributed by atoms with van der Waals surface area (Å²) in [5, 5.41) is 9.67. The standard InChI is InChI=1S/C13H14N2O3S2/c1-9-5-6-19-12(9)13(16)15-8-10-3-2-4-11(7-10)20(14,17)18/h2-7H,8H2,1H3,(H,15,16)(H2,14,17,18). The maximum absolute atomic E-state index is 11.9. The molecule has 0 unspecified atom stereocenters. The zero-order valence-electron chi connectivity index (χ0n) is 10.8. The van der Waals surface area contributed by atoms with Crippen molar-refractivity contribution in [3.63, 3.8) is 0 Å². The van der Waals surface area contributed by atoms with Crippen LogP contribution in [0.2, 0.25) is 0 Å². The van der Waals surface area contributed by atoms with Gasteiger partial charge in [-0.2, -0.15) is 0 Å². The summed E-state index contributed by atoms with van der Waals surface area (Å²) in [5.41, 5.74) is 1.60. The van der Waals surface area contributed by atoms with Gasteiger partial charge in [-0.15, -0.1) is 11.3 Å². The smallest absolute Gasteiger partial charge is 0.261 e. The number of nitrogens with two attached hydrogens (primary N) is 1. The lowest BCUT2D eigenvalue weighted by molar-refractivity contribution is 0.0954. The third-order valence-corrected chi connectivity index (χ3v) is 4.67. The Morgan fingerprint density at radius 1 is 1.35 bits per heavy atom. The first kappa shape index (κ1) is 14.7. The third-order valence-electron chi connectivity index (χ3n) is 2.75. The first-order valence-corrected chi connectivity index (χ1v) is 8.24. The van der Waals surface area contributed by atoms with Gasteiger partial charge in [0.25, 0.3) is 5.91 Å². The van der Waals surface area contributed by atoms with Gasteiger partial charge < -0.3 is 5.32 Å². The zero-order chi connectivity index (χ0) is 14.8. The van der Waals surface area contributed by atoms with Crippen molar-refractivity contribution in [1.29, 1.82) is 0 Å². The molecule has 0 radical (unpaired) electrons. The summed E-state index contributed by atoms with van der Waals surface area (Å²) in [4.78, 5) is 12.6. The van der Waals surface area contributed by atoms with E-state index in [0.717, 1.165) is 5.56 Å². The van der Waals surface area contributed by atoms with Crippen molar-refractivity contribution in [2.45, 2.75) is 18.4 Å². The van der Waals surface area contributed by atoms with Crippen LogP contribution < -0.4 is 10.5 Å². The largest absolute Gasteiger partial charge is 0.347 e. The van der Waals surface area contributed by atoms with E-state index >= 15 is 0 Å². The normalized spacial score (nSPS) is 11.3. The Morgan fingerprint density at radius 2 is 2.10 bits per heavy atom. The van der Waals surface area contributed by atoms with Gasteiger partial charge in [-0.3, -0.25) is 4.79 Å². The van der Waals surface area contributed by atoms with E-state index < -0.39 is 10.0 Å². The topological polar surface area (TPSA) is 89.3 Å². The number of aryl methyl sites for hydroxylation is 1. The third kappa shape index (κ3) is 3.44. The number of amides is 1. The number of hydrogen-bond donors (Lipinski definition) is 2. The van der Waals surface area contributed by atoms with Crippen LogP contribution in [0.15, 0.2) is 40.6 Å². The molecule has 0 fully saturated rings. The van der Waals surface area contributed by atoms with Crippen molar-refractivity contribution in [3.05, 3.63) is 51.7 Å². The molecule has 2 rings (SSSR count). The Morgan fingerprint density at radius 3 is 2.70 bits per heavy atom. The maximum Gasteiger partial charge on any atom is 0.261 e. The van der Waals surface area contributed by atoms with Crippen molar-refractivity contribution in [2.24, 2.45) is 5.14 Å². The molecule has 3 N–H and O–H groups in total. The number of nitrogens with one attached hydrogen (secondary N) is 1. The van der Waals surface area contributed by atoms with E-state index in [1.807, 2.05) is 18.4 Å². The van der Waals surface area contributed by atoms with Crippen LogP contribution in [-0.2, 0) is 16.6 Å². The van der Waals surface area contributed by atoms with Crippen molar-refractivity contribution in [2.75, 3.05) is 0 Å². The van der Waals surface area contributed by atoms with Crippen LogP contribution in [0, 0.1) is 6.92 Å². The average molecular weight is 310 g/mol. The van der Waals surface area contributed by atoms with Crippen molar-refractivity contribution < 1.29 is 13.2 Å². The molecule has 1 amide bonds. The van der Waals surface area contributed by atoms with Gasteiger partial charge in [0, 0.05) is 6.54 Å². The Kier molecular flexibility index (Phi) is 4.22. The molecule has 7 heteroatoms.